The lowest BCUT2D eigenvalue weighted by Crippen LogP contribution is -2.33. The molecule has 5 rings (SSSR count). The maximum atomic E-state index is 12.1. The summed E-state index contributed by atoms with van der Waals surface area (Å²) in [6.45, 7) is 9.32. The van der Waals surface area contributed by atoms with E-state index in [1.807, 2.05) is 32.0 Å². The summed E-state index contributed by atoms with van der Waals surface area (Å²) in [6, 6.07) is 23.1. The van der Waals surface area contributed by atoms with E-state index in [0.29, 0.717) is 5.92 Å². The van der Waals surface area contributed by atoms with Crippen LogP contribution >= 0.6 is 11.6 Å². The molecule has 3 aromatic carbocycles. The third-order valence-corrected chi connectivity index (χ3v) is 8.26. The third kappa shape index (κ3) is 5.82. The number of para-hydroxylation sites is 1. The monoisotopic (exact) mass is 527 g/mol. The molecule has 4 aromatic rings. The van der Waals surface area contributed by atoms with Crippen molar-refractivity contribution in [3.8, 4) is 11.3 Å². The number of nitrogens with one attached hydrogen (secondary N) is 2. The molecule has 1 aliphatic heterocycles. The van der Waals surface area contributed by atoms with Gasteiger partial charge in [0.05, 0.1) is 5.69 Å². The summed E-state index contributed by atoms with van der Waals surface area (Å²) in [4.78, 5) is 18.4. The largest absolute Gasteiger partial charge is 0.354 e. The molecule has 0 saturated carbocycles. The van der Waals surface area contributed by atoms with Crippen LogP contribution in [0.4, 0.5) is 5.69 Å². The zero-order valence-electron chi connectivity index (χ0n) is 22.7. The van der Waals surface area contributed by atoms with E-state index >= 15 is 0 Å². The lowest BCUT2D eigenvalue weighted by Gasteiger charge is -2.32. The van der Waals surface area contributed by atoms with Gasteiger partial charge in [-0.3, -0.25) is 4.79 Å². The molecular formula is C33H38ClN3O. The summed E-state index contributed by atoms with van der Waals surface area (Å²) in [7, 11) is 0. The highest BCUT2D eigenvalue weighted by molar-refractivity contribution is 6.33. The third-order valence-electron chi connectivity index (χ3n) is 7.93. The molecule has 1 aliphatic rings. The number of H-pyrrole nitrogens is 1. The Labute approximate surface area is 231 Å². The highest BCUT2D eigenvalue weighted by Crippen LogP contribution is 2.36. The molecule has 2 N–H and O–H groups in total. The van der Waals surface area contributed by atoms with E-state index in [1.54, 1.807) is 0 Å². The van der Waals surface area contributed by atoms with Crippen LogP contribution in [-0.2, 0) is 11.2 Å². The second-order valence-electron chi connectivity index (χ2n) is 10.9. The first-order valence-corrected chi connectivity index (χ1v) is 14.3. The van der Waals surface area contributed by atoms with E-state index < -0.39 is 0 Å². The Kier molecular flexibility index (Phi) is 8.21. The first kappa shape index (κ1) is 26.5. The molecule has 1 saturated heterocycles. The number of nitrogens with zero attached hydrogens (tertiary/aromatic N) is 1. The van der Waals surface area contributed by atoms with Crippen LogP contribution in [0.15, 0.2) is 66.7 Å². The summed E-state index contributed by atoms with van der Waals surface area (Å²) >= 11 is 6.62. The number of aryl methyl sites for hydroxylation is 2. The van der Waals surface area contributed by atoms with Crippen molar-refractivity contribution in [2.75, 3.05) is 25.0 Å². The van der Waals surface area contributed by atoms with Crippen LogP contribution in [0.1, 0.15) is 55.7 Å². The summed E-state index contributed by atoms with van der Waals surface area (Å²) in [5.41, 5.74) is 8.32. The minimum Gasteiger partial charge on any atom is -0.354 e. The van der Waals surface area contributed by atoms with E-state index in [1.165, 1.54) is 27.6 Å². The zero-order valence-corrected chi connectivity index (χ0v) is 23.4. The number of carbonyl (C=O) groups excluding carboxylic acids is 1. The van der Waals surface area contributed by atoms with Crippen molar-refractivity contribution in [3.63, 3.8) is 0 Å². The van der Waals surface area contributed by atoms with Crippen LogP contribution < -0.4 is 5.32 Å². The number of aromatic amines is 1. The first-order chi connectivity index (χ1) is 18.4. The lowest BCUT2D eigenvalue weighted by molar-refractivity contribution is -0.118. The van der Waals surface area contributed by atoms with Gasteiger partial charge < -0.3 is 15.2 Å². The number of carbonyl (C=O) groups is 1. The standard InChI is InChI=1S/C33H38ClN3O/c1-22(2)33(38)35-26-11-7-10-25(21-26)24-16-19-37(20-17-24)18-8-14-28-27-13-6-9-23(3)31(27)36-32(28)29-12-4-5-15-30(29)34/h4-7,9-13,15,21-22,24,36H,8,14,16-20H2,1-3H3,(H,35,38). The second-order valence-corrected chi connectivity index (χ2v) is 11.4. The van der Waals surface area contributed by atoms with Gasteiger partial charge in [0, 0.05) is 33.1 Å². The van der Waals surface area contributed by atoms with E-state index in [9.17, 15) is 4.79 Å². The molecule has 0 aliphatic carbocycles. The average Bonchev–Trinajstić information content (AvgIpc) is 3.29. The predicted molar refractivity (Wildman–Crippen MR) is 160 cm³/mol. The number of benzene rings is 3. The Morgan fingerprint density at radius 2 is 1.82 bits per heavy atom. The summed E-state index contributed by atoms with van der Waals surface area (Å²) in [5.74, 6) is 0.599. The van der Waals surface area contributed by atoms with Gasteiger partial charge in [0.1, 0.15) is 0 Å². The van der Waals surface area contributed by atoms with Gasteiger partial charge in [-0.15, -0.1) is 0 Å². The molecule has 1 fully saturated rings. The molecule has 0 atom stereocenters. The molecular weight excluding hydrogens is 490 g/mol. The van der Waals surface area contributed by atoms with Crippen molar-refractivity contribution in [2.24, 2.45) is 5.92 Å². The second kappa shape index (κ2) is 11.8. The summed E-state index contributed by atoms with van der Waals surface area (Å²) in [6.07, 6.45) is 4.43. The van der Waals surface area contributed by atoms with Crippen LogP contribution in [0.5, 0.6) is 0 Å². The number of rotatable bonds is 8. The van der Waals surface area contributed by atoms with Crippen LogP contribution in [0.3, 0.4) is 0 Å². The predicted octanol–water partition coefficient (Wildman–Crippen LogP) is 8.20. The Morgan fingerprint density at radius 3 is 2.58 bits per heavy atom. The Balaban J connectivity index is 1.22. The van der Waals surface area contributed by atoms with Gasteiger partial charge in [-0.2, -0.15) is 0 Å². The quantitative estimate of drug-likeness (QED) is 0.242. The number of aromatic nitrogens is 1. The van der Waals surface area contributed by atoms with Gasteiger partial charge in [-0.25, -0.2) is 0 Å². The highest BCUT2D eigenvalue weighted by atomic mass is 35.5. The maximum absolute atomic E-state index is 12.1. The number of hydrogen-bond donors (Lipinski definition) is 2. The molecule has 2 heterocycles. The van der Waals surface area contributed by atoms with Gasteiger partial charge in [-0.05, 0) is 93.0 Å². The number of amides is 1. The Bertz CT molecular complexity index is 1420. The maximum Gasteiger partial charge on any atom is 0.226 e. The fraction of sp³-hybridized carbons (Fsp3) is 0.364. The highest BCUT2D eigenvalue weighted by Gasteiger charge is 2.22. The first-order valence-electron chi connectivity index (χ1n) is 13.9. The number of halogens is 1. The van der Waals surface area contributed by atoms with Gasteiger partial charge in [0.25, 0.3) is 0 Å². The smallest absolute Gasteiger partial charge is 0.226 e. The minimum atomic E-state index is -0.0177. The van der Waals surface area contributed by atoms with Crippen molar-refractivity contribution >= 4 is 34.1 Å². The number of likely N-dealkylation sites (tertiary alicyclic amines) is 1. The van der Waals surface area contributed by atoms with E-state index in [2.05, 4.69) is 70.7 Å². The molecule has 198 valence electrons. The van der Waals surface area contributed by atoms with Crippen molar-refractivity contribution in [2.45, 2.75) is 52.4 Å². The Hall–Kier alpha value is -3.08. The Morgan fingerprint density at radius 1 is 1.05 bits per heavy atom. The number of fused-ring (bicyclic) bond motifs is 1. The summed E-state index contributed by atoms with van der Waals surface area (Å²) < 4.78 is 0. The zero-order chi connectivity index (χ0) is 26.6. The fourth-order valence-electron chi connectivity index (χ4n) is 5.70. The molecule has 1 amide bonds. The number of anilines is 1. The van der Waals surface area contributed by atoms with Crippen LogP contribution in [0.2, 0.25) is 5.02 Å². The van der Waals surface area contributed by atoms with E-state index in [4.69, 9.17) is 11.6 Å². The van der Waals surface area contributed by atoms with Crippen molar-refractivity contribution in [3.05, 3.63) is 88.4 Å². The molecule has 0 radical (unpaired) electrons. The van der Waals surface area contributed by atoms with Gasteiger partial charge in [-0.1, -0.05) is 74.0 Å². The van der Waals surface area contributed by atoms with Crippen molar-refractivity contribution in [1.29, 1.82) is 0 Å². The number of piperidine rings is 1. The van der Waals surface area contributed by atoms with Crippen LogP contribution in [0, 0.1) is 12.8 Å². The van der Waals surface area contributed by atoms with Gasteiger partial charge >= 0.3 is 0 Å². The number of hydrogen-bond acceptors (Lipinski definition) is 2. The molecule has 1 aromatic heterocycles. The van der Waals surface area contributed by atoms with Crippen molar-refractivity contribution < 1.29 is 4.79 Å². The molecule has 0 spiro atoms. The lowest BCUT2D eigenvalue weighted by atomic mass is 9.89. The molecule has 38 heavy (non-hydrogen) atoms. The molecule has 0 bridgehead atoms. The minimum absolute atomic E-state index is 0.0177. The van der Waals surface area contributed by atoms with Crippen molar-refractivity contribution in [1.82, 2.24) is 9.88 Å². The topological polar surface area (TPSA) is 48.1 Å². The van der Waals surface area contributed by atoms with Crippen LogP contribution in [-0.4, -0.2) is 35.4 Å². The normalized spacial score (nSPS) is 14.9. The molecule has 4 nitrogen and oxygen atoms in total. The fourth-order valence-corrected chi connectivity index (χ4v) is 5.93. The van der Waals surface area contributed by atoms with Crippen LogP contribution in [0.25, 0.3) is 22.2 Å². The van der Waals surface area contributed by atoms with Gasteiger partial charge in [0.15, 0.2) is 0 Å². The van der Waals surface area contributed by atoms with Gasteiger partial charge in [0.2, 0.25) is 5.91 Å². The SMILES string of the molecule is Cc1cccc2c(CCCN3CCC(c4cccc(NC(=O)C(C)C)c4)CC3)c(-c3ccccc3Cl)[nH]c12. The molecule has 0 unspecified atom stereocenters. The van der Waals surface area contributed by atoms with E-state index in [-0.39, 0.29) is 11.8 Å². The average molecular weight is 528 g/mol. The summed E-state index contributed by atoms with van der Waals surface area (Å²) in [5, 5.41) is 5.14. The molecule has 5 heteroatoms. The van der Waals surface area contributed by atoms with E-state index in [0.717, 1.165) is 67.3 Å².